The van der Waals surface area contributed by atoms with Crippen molar-refractivity contribution in [2.45, 2.75) is 37.8 Å². The third kappa shape index (κ3) is 2.38. The van der Waals surface area contributed by atoms with E-state index in [9.17, 15) is 0 Å². The minimum Gasteiger partial charge on any atom is -0.374 e. The summed E-state index contributed by atoms with van der Waals surface area (Å²) in [6.07, 6.45) is 5.08. The third-order valence-corrected chi connectivity index (χ3v) is 4.11. The van der Waals surface area contributed by atoms with Crippen LogP contribution < -0.4 is 16.0 Å². The van der Waals surface area contributed by atoms with Gasteiger partial charge in [0.15, 0.2) is 0 Å². The molecule has 1 atom stereocenters. The SMILES string of the molecule is CN1CCCc2cc(C(CN)NC3CC3)ccc21. The highest BCUT2D eigenvalue weighted by atomic mass is 15.1. The number of nitrogens with one attached hydrogen (secondary N) is 1. The van der Waals surface area contributed by atoms with Crippen LogP contribution in [0.4, 0.5) is 5.69 Å². The van der Waals surface area contributed by atoms with Crippen molar-refractivity contribution < 1.29 is 0 Å². The predicted octanol–water partition coefficient (Wildman–Crippen LogP) is 1.82. The van der Waals surface area contributed by atoms with Gasteiger partial charge in [-0.2, -0.15) is 0 Å². The molecule has 0 radical (unpaired) electrons. The molecular formula is C15H23N3. The first-order valence-corrected chi connectivity index (χ1v) is 7.08. The lowest BCUT2D eigenvalue weighted by Gasteiger charge is -2.29. The molecular weight excluding hydrogens is 222 g/mol. The Morgan fingerprint density at radius 2 is 2.28 bits per heavy atom. The summed E-state index contributed by atoms with van der Waals surface area (Å²) in [6, 6.07) is 7.90. The number of hydrogen-bond donors (Lipinski definition) is 2. The molecule has 3 N–H and O–H groups in total. The molecule has 1 unspecified atom stereocenters. The van der Waals surface area contributed by atoms with Gasteiger partial charge in [-0.05, 0) is 42.9 Å². The Labute approximate surface area is 109 Å². The summed E-state index contributed by atoms with van der Waals surface area (Å²) in [6.45, 7) is 1.86. The van der Waals surface area contributed by atoms with Crippen LogP contribution in [-0.2, 0) is 6.42 Å². The molecule has 1 aliphatic carbocycles. The number of nitrogens with zero attached hydrogens (tertiary/aromatic N) is 1. The molecule has 0 saturated heterocycles. The Hall–Kier alpha value is -1.06. The van der Waals surface area contributed by atoms with Gasteiger partial charge < -0.3 is 16.0 Å². The molecule has 0 bridgehead atoms. The van der Waals surface area contributed by atoms with E-state index < -0.39 is 0 Å². The van der Waals surface area contributed by atoms with Crippen molar-refractivity contribution >= 4 is 5.69 Å². The van der Waals surface area contributed by atoms with Gasteiger partial charge in [-0.3, -0.25) is 0 Å². The second-order valence-corrected chi connectivity index (χ2v) is 5.64. The highest BCUT2D eigenvalue weighted by Gasteiger charge is 2.25. The van der Waals surface area contributed by atoms with E-state index in [1.165, 1.54) is 49.0 Å². The molecule has 1 aliphatic heterocycles. The maximum absolute atomic E-state index is 5.91. The number of anilines is 1. The monoisotopic (exact) mass is 245 g/mol. The average Bonchev–Trinajstić information content (AvgIpc) is 3.20. The first kappa shape index (κ1) is 12.0. The van der Waals surface area contributed by atoms with Crippen molar-refractivity contribution in [3.63, 3.8) is 0 Å². The zero-order chi connectivity index (χ0) is 12.5. The van der Waals surface area contributed by atoms with Gasteiger partial charge in [0.2, 0.25) is 0 Å². The van der Waals surface area contributed by atoms with Crippen molar-refractivity contribution in [2.75, 3.05) is 25.0 Å². The van der Waals surface area contributed by atoms with Crippen LogP contribution in [0.25, 0.3) is 0 Å². The molecule has 2 aliphatic rings. The highest BCUT2D eigenvalue weighted by molar-refractivity contribution is 5.56. The summed E-state index contributed by atoms with van der Waals surface area (Å²) in [7, 11) is 2.18. The average molecular weight is 245 g/mol. The van der Waals surface area contributed by atoms with Gasteiger partial charge in [0.1, 0.15) is 0 Å². The van der Waals surface area contributed by atoms with Gasteiger partial charge in [-0.25, -0.2) is 0 Å². The van der Waals surface area contributed by atoms with Crippen molar-refractivity contribution in [3.05, 3.63) is 29.3 Å². The predicted molar refractivity (Wildman–Crippen MR) is 76.0 cm³/mol. The Balaban J connectivity index is 1.83. The quantitative estimate of drug-likeness (QED) is 0.850. The molecule has 1 heterocycles. The minimum atomic E-state index is 0.329. The van der Waals surface area contributed by atoms with E-state index in [2.05, 4.69) is 35.5 Å². The number of rotatable bonds is 4. The molecule has 3 nitrogen and oxygen atoms in total. The Morgan fingerprint density at radius 1 is 1.44 bits per heavy atom. The first-order valence-electron chi connectivity index (χ1n) is 7.08. The van der Waals surface area contributed by atoms with E-state index >= 15 is 0 Å². The summed E-state index contributed by atoms with van der Waals surface area (Å²) in [5, 5.41) is 3.64. The fourth-order valence-corrected chi connectivity index (χ4v) is 2.86. The topological polar surface area (TPSA) is 41.3 Å². The molecule has 0 amide bonds. The third-order valence-electron chi connectivity index (χ3n) is 4.11. The van der Waals surface area contributed by atoms with Crippen LogP contribution in [0.5, 0.6) is 0 Å². The van der Waals surface area contributed by atoms with E-state index in [1.807, 2.05) is 0 Å². The van der Waals surface area contributed by atoms with Crippen molar-refractivity contribution in [3.8, 4) is 0 Å². The van der Waals surface area contributed by atoms with Crippen LogP contribution in [0.1, 0.15) is 36.4 Å². The largest absolute Gasteiger partial charge is 0.374 e. The van der Waals surface area contributed by atoms with Gasteiger partial charge in [-0.1, -0.05) is 12.1 Å². The summed E-state index contributed by atoms with van der Waals surface area (Å²) in [5.41, 5.74) is 10.2. The van der Waals surface area contributed by atoms with Crippen LogP contribution in [0.15, 0.2) is 18.2 Å². The zero-order valence-corrected chi connectivity index (χ0v) is 11.2. The van der Waals surface area contributed by atoms with Crippen LogP contribution in [0, 0.1) is 0 Å². The molecule has 98 valence electrons. The van der Waals surface area contributed by atoms with Crippen LogP contribution >= 0.6 is 0 Å². The maximum Gasteiger partial charge on any atom is 0.0446 e. The molecule has 1 saturated carbocycles. The molecule has 1 aromatic rings. The van der Waals surface area contributed by atoms with Gasteiger partial charge >= 0.3 is 0 Å². The summed E-state index contributed by atoms with van der Waals surface area (Å²) < 4.78 is 0. The fraction of sp³-hybridized carbons (Fsp3) is 0.600. The first-order chi connectivity index (χ1) is 8.78. The van der Waals surface area contributed by atoms with Gasteiger partial charge in [0, 0.05) is 37.9 Å². The number of hydrogen-bond acceptors (Lipinski definition) is 3. The molecule has 18 heavy (non-hydrogen) atoms. The lowest BCUT2D eigenvalue weighted by Crippen LogP contribution is -2.30. The van der Waals surface area contributed by atoms with E-state index in [-0.39, 0.29) is 0 Å². The van der Waals surface area contributed by atoms with Gasteiger partial charge in [0.25, 0.3) is 0 Å². The van der Waals surface area contributed by atoms with Gasteiger partial charge in [-0.15, -0.1) is 0 Å². The summed E-state index contributed by atoms with van der Waals surface area (Å²) >= 11 is 0. The lowest BCUT2D eigenvalue weighted by molar-refractivity contribution is 0.538. The second kappa shape index (κ2) is 4.90. The molecule has 1 fully saturated rings. The minimum absolute atomic E-state index is 0.329. The van der Waals surface area contributed by atoms with Crippen molar-refractivity contribution in [1.29, 1.82) is 0 Å². The fourth-order valence-electron chi connectivity index (χ4n) is 2.86. The van der Waals surface area contributed by atoms with Crippen LogP contribution in [0.3, 0.4) is 0 Å². The van der Waals surface area contributed by atoms with Crippen molar-refractivity contribution in [1.82, 2.24) is 5.32 Å². The smallest absolute Gasteiger partial charge is 0.0446 e. The van der Waals surface area contributed by atoms with E-state index in [1.54, 1.807) is 0 Å². The normalized spacial score (nSPS) is 20.7. The Kier molecular flexibility index (Phi) is 3.27. The molecule has 3 rings (SSSR count). The van der Waals surface area contributed by atoms with E-state index in [0.29, 0.717) is 18.6 Å². The summed E-state index contributed by atoms with van der Waals surface area (Å²) in [5.74, 6) is 0. The number of fused-ring (bicyclic) bond motifs is 1. The standard InChI is InChI=1S/C15H23N3/c1-18-8-2-3-12-9-11(4-7-15(12)18)14(10-16)17-13-5-6-13/h4,7,9,13-14,17H,2-3,5-6,8,10,16H2,1H3. The van der Waals surface area contributed by atoms with Gasteiger partial charge in [0.05, 0.1) is 0 Å². The number of aryl methyl sites for hydroxylation is 1. The second-order valence-electron chi connectivity index (χ2n) is 5.64. The summed E-state index contributed by atoms with van der Waals surface area (Å²) in [4.78, 5) is 2.36. The van der Waals surface area contributed by atoms with E-state index in [4.69, 9.17) is 5.73 Å². The Morgan fingerprint density at radius 3 is 3.00 bits per heavy atom. The van der Waals surface area contributed by atoms with Crippen molar-refractivity contribution in [2.24, 2.45) is 5.73 Å². The maximum atomic E-state index is 5.91. The molecule has 0 aromatic heterocycles. The Bertz CT molecular complexity index is 426. The molecule has 3 heteroatoms. The molecule has 0 spiro atoms. The number of nitrogens with two attached hydrogens (primary N) is 1. The van der Waals surface area contributed by atoms with E-state index in [0.717, 1.165) is 0 Å². The number of benzene rings is 1. The highest BCUT2D eigenvalue weighted by Crippen LogP contribution is 2.30. The lowest BCUT2D eigenvalue weighted by atomic mass is 9.96. The molecule has 1 aromatic carbocycles. The zero-order valence-electron chi connectivity index (χ0n) is 11.2. The van der Waals surface area contributed by atoms with Crippen LogP contribution in [0.2, 0.25) is 0 Å². The van der Waals surface area contributed by atoms with Crippen LogP contribution in [-0.4, -0.2) is 26.2 Å².